The van der Waals surface area contributed by atoms with Crippen LogP contribution in [0.4, 0.5) is 10.1 Å². The summed E-state index contributed by atoms with van der Waals surface area (Å²) >= 11 is 0. The molecule has 0 radical (unpaired) electrons. The molecule has 2 aromatic rings. The molecule has 26 heavy (non-hydrogen) atoms. The molecule has 5 nitrogen and oxygen atoms in total. The summed E-state index contributed by atoms with van der Waals surface area (Å²) in [6.45, 7) is 3.88. The zero-order valence-electron chi connectivity index (χ0n) is 15.0. The number of benzene rings is 2. The van der Waals surface area contributed by atoms with E-state index in [1.807, 2.05) is 30.3 Å². The number of guanidine groups is 1. The lowest BCUT2D eigenvalue weighted by Crippen LogP contribution is -2.52. The van der Waals surface area contributed by atoms with Gasteiger partial charge in [0.05, 0.1) is 5.69 Å². The Morgan fingerprint density at radius 3 is 2.46 bits per heavy atom. The Balaban J connectivity index is 1.51. The Hall–Kier alpha value is -2.76. The molecule has 0 unspecified atom stereocenters. The molecule has 1 aliphatic heterocycles. The second-order valence-electron chi connectivity index (χ2n) is 6.28. The van der Waals surface area contributed by atoms with Crippen LogP contribution in [0.3, 0.4) is 0 Å². The number of para-hydroxylation sites is 2. The summed E-state index contributed by atoms with van der Waals surface area (Å²) in [4.78, 5) is 8.72. The van der Waals surface area contributed by atoms with Gasteiger partial charge in [-0.05, 0) is 30.2 Å². The predicted octanol–water partition coefficient (Wildman–Crippen LogP) is 2.47. The summed E-state index contributed by atoms with van der Waals surface area (Å²) in [7, 11) is 1.76. The molecule has 138 valence electrons. The third kappa shape index (κ3) is 4.25. The van der Waals surface area contributed by atoms with Crippen LogP contribution in [0.5, 0.6) is 5.75 Å². The molecule has 0 spiro atoms. The van der Waals surface area contributed by atoms with Gasteiger partial charge in [0, 0.05) is 39.8 Å². The lowest BCUT2D eigenvalue weighted by atomic mass is 10.1. The first-order valence-electron chi connectivity index (χ1n) is 8.91. The van der Waals surface area contributed by atoms with Crippen LogP contribution in [-0.4, -0.2) is 55.7 Å². The van der Waals surface area contributed by atoms with Crippen LogP contribution >= 0.6 is 0 Å². The SMILES string of the molecule is CN=C(NCCc1ccccc1F)N1CCN(c2ccccc2O)CC1. The number of nitrogens with one attached hydrogen (secondary N) is 1. The summed E-state index contributed by atoms with van der Waals surface area (Å²) in [5.41, 5.74) is 1.58. The van der Waals surface area contributed by atoms with E-state index in [1.165, 1.54) is 6.07 Å². The Morgan fingerprint density at radius 1 is 1.08 bits per heavy atom. The summed E-state index contributed by atoms with van der Waals surface area (Å²) in [5.74, 6) is 0.979. The van der Waals surface area contributed by atoms with Gasteiger partial charge in [-0.3, -0.25) is 4.99 Å². The van der Waals surface area contributed by atoms with Crippen LogP contribution < -0.4 is 10.2 Å². The molecule has 1 aliphatic rings. The van der Waals surface area contributed by atoms with Gasteiger partial charge in [0.15, 0.2) is 5.96 Å². The van der Waals surface area contributed by atoms with E-state index < -0.39 is 0 Å². The lowest BCUT2D eigenvalue weighted by Gasteiger charge is -2.37. The van der Waals surface area contributed by atoms with Gasteiger partial charge in [-0.1, -0.05) is 30.3 Å². The molecular weight excluding hydrogens is 331 g/mol. The van der Waals surface area contributed by atoms with Crippen LogP contribution in [-0.2, 0) is 6.42 Å². The Kier molecular flexibility index (Phi) is 5.94. The summed E-state index contributed by atoms with van der Waals surface area (Å²) in [5, 5.41) is 13.3. The number of nitrogens with zero attached hydrogens (tertiary/aromatic N) is 3. The number of rotatable bonds is 4. The average molecular weight is 356 g/mol. The van der Waals surface area contributed by atoms with Gasteiger partial charge in [0.25, 0.3) is 0 Å². The number of halogens is 1. The molecule has 1 heterocycles. The predicted molar refractivity (Wildman–Crippen MR) is 103 cm³/mol. The van der Waals surface area contributed by atoms with E-state index in [2.05, 4.69) is 20.1 Å². The molecule has 0 amide bonds. The molecule has 1 fully saturated rings. The van der Waals surface area contributed by atoms with Crippen molar-refractivity contribution in [3.63, 3.8) is 0 Å². The van der Waals surface area contributed by atoms with E-state index in [-0.39, 0.29) is 5.82 Å². The summed E-state index contributed by atoms with van der Waals surface area (Å²) in [6.07, 6.45) is 0.615. The molecular formula is C20H25FN4O. The largest absolute Gasteiger partial charge is 0.506 e. The van der Waals surface area contributed by atoms with Crippen molar-refractivity contribution in [1.82, 2.24) is 10.2 Å². The molecule has 1 saturated heterocycles. The van der Waals surface area contributed by atoms with Crippen LogP contribution in [0.1, 0.15) is 5.56 Å². The van der Waals surface area contributed by atoms with Gasteiger partial charge in [0.2, 0.25) is 0 Å². The maximum atomic E-state index is 13.7. The number of aromatic hydroxyl groups is 1. The maximum Gasteiger partial charge on any atom is 0.193 e. The highest BCUT2D eigenvalue weighted by molar-refractivity contribution is 5.80. The first-order valence-corrected chi connectivity index (χ1v) is 8.91. The highest BCUT2D eigenvalue weighted by atomic mass is 19.1. The molecule has 0 aromatic heterocycles. The summed E-state index contributed by atoms with van der Waals surface area (Å²) in [6, 6.07) is 14.3. The van der Waals surface area contributed by atoms with Crippen LogP contribution in [0, 0.1) is 5.82 Å². The number of anilines is 1. The fraction of sp³-hybridized carbons (Fsp3) is 0.350. The third-order valence-corrected chi connectivity index (χ3v) is 4.65. The second kappa shape index (κ2) is 8.56. The number of phenolic OH excluding ortho intramolecular Hbond substituents is 1. The molecule has 3 rings (SSSR count). The van der Waals surface area contributed by atoms with Gasteiger partial charge >= 0.3 is 0 Å². The van der Waals surface area contributed by atoms with Crippen LogP contribution in [0.25, 0.3) is 0 Å². The van der Waals surface area contributed by atoms with Crippen molar-refractivity contribution in [3.8, 4) is 5.75 Å². The minimum absolute atomic E-state index is 0.166. The minimum atomic E-state index is -0.166. The Labute approximate surface area is 153 Å². The van der Waals surface area contributed by atoms with E-state index >= 15 is 0 Å². The molecule has 2 aromatic carbocycles. The zero-order chi connectivity index (χ0) is 18.4. The molecule has 0 atom stereocenters. The van der Waals surface area contributed by atoms with Crippen molar-refractivity contribution >= 4 is 11.6 Å². The van der Waals surface area contributed by atoms with Crippen molar-refractivity contribution in [2.75, 3.05) is 44.7 Å². The minimum Gasteiger partial charge on any atom is -0.506 e. The molecule has 0 aliphatic carbocycles. The summed E-state index contributed by atoms with van der Waals surface area (Å²) < 4.78 is 13.7. The Morgan fingerprint density at radius 2 is 1.77 bits per heavy atom. The molecule has 6 heteroatoms. The number of phenols is 1. The first-order chi connectivity index (χ1) is 12.7. The topological polar surface area (TPSA) is 51.1 Å². The fourth-order valence-electron chi connectivity index (χ4n) is 3.23. The smallest absolute Gasteiger partial charge is 0.193 e. The van der Waals surface area contributed by atoms with Crippen LogP contribution in [0.2, 0.25) is 0 Å². The van der Waals surface area contributed by atoms with E-state index in [4.69, 9.17) is 0 Å². The highest BCUT2D eigenvalue weighted by Crippen LogP contribution is 2.27. The standard InChI is InChI=1S/C20H25FN4O/c1-22-20(23-11-10-16-6-2-3-7-17(16)21)25-14-12-24(13-15-25)18-8-4-5-9-19(18)26/h2-9,26H,10-15H2,1H3,(H,22,23). The zero-order valence-corrected chi connectivity index (χ0v) is 15.0. The van der Waals surface area contributed by atoms with Crippen molar-refractivity contribution < 1.29 is 9.50 Å². The monoisotopic (exact) mass is 356 g/mol. The quantitative estimate of drug-likeness (QED) is 0.653. The molecule has 0 bridgehead atoms. The van der Waals surface area contributed by atoms with Crippen molar-refractivity contribution in [2.45, 2.75) is 6.42 Å². The van der Waals surface area contributed by atoms with E-state index in [9.17, 15) is 9.50 Å². The van der Waals surface area contributed by atoms with Gasteiger partial charge < -0.3 is 20.2 Å². The van der Waals surface area contributed by atoms with Crippen molar-refractivity contribution in [1.29, 1.82) is 0 Å². The van der Waals surface area contributed by atoms with Crippen LogP contribution in [0.15, 0.2) is 53.5 Å². The van der Waals surface area contributed by atoms with Crippen molar-refractivity contribution in [2.24, 2.45) is 4.99 Å². The number of piperazine rings is 1. The maximum absolute atomic E-state index is 13.7. The molecule has 2 N–H and O–H groups in total. The van der Waals surface area contributed by atoms with Gasteiger partial charge in [-0.25, -0.2) is 4.39 Å². The van der Waals surface area contributed by atoms with E-state index in [0.717, 1.165) is 37.8 Å². The second-order valence-corrected chi connectivity index (χ2v) is 6.28. The lowest BCUT2D eigenvalue weighted by molar-refractivity contribution is 0.370. The van der Waals surface area contributed by atoms with E-state index in [1.54, 1.807) is 19.2 Å². The average Bonchev–Trinajstić information content (AvgIpc) is 2.67. The van der Waals surface area contributed by atoms with E-state index in [0.29, 0.717) is 24.3 Å². The Bertz CT molecular complexity index is 757. The molecule has 0 saturated carbocycles. The number of aliphatic imine (C=N–C) groups is 1. The van der Waals surface area contributed by atoms with Gasteiger partial charge in [0.1, 0.15) is 11.6 Å². The van der Waals surface area contributed by atoms with Crippen molar-refractivity contribution in [3.05, 3.63) is 59.9 Å². The van der Waals surface area contributed by atoms with Gasteiger partial charge in [-0.15, -0.1) is 0 Å². The highest BCUT2D eigenvalue weighted by Gasteiger charge is 2.21. The normalized spacial score (nSPS) is 15.2. The third-order valence-electron chi connectivity index (χ3n) is 4.65. The fourth-order valence-corrected chi connectivity index (χ4v) is 3.23. The number of hydrogen-bond acceptors (Lipinski definition) is 3. The first kappa shape index (κ1) is 18.0. The van der Waals surface area contributed by atoms with Gasteiger partial charge in [-0.2, -0.15) is 0 Å². The number of hydrogen-bond donors (Lipinski definition) is 2.